The van der Waals surface area contributed by atoms with Gasteiger partial charge in [-0.3, -0.25) is 19.7 Å². The molecule has 0 radical (unpaired) electrons. The number of nitrogens with zero attached hydrogens (tertiary/aromatic N) is 5. The van der Waals surface area contributed by atoms with E-state index in [0.717, 1.165) is 37.6 Å². The standard InChI is InChI=1S/C27H30N6O2/c1-19(2)32-13-15-33(16-14-32)22-6-4-5-21(17-22)31(3)20-7-9-23(10-8-20)35-27-29-25-18-28-12-11-24(25)26(34)30-27/h4-12,17-19H,13-16H2,1-3H3,(H,29,30,34). The molecule has 0 atom stereocenters. The summed E-state index contributed by atoms with van der Waals surface area (Å²) in [6.07, 6.45) is 3.12. The second-order valence-electron chi connectivity index (χ2n) is 9.06. The number of fused-ring (bicyclic) bond motifs is 1. The van der Waals surface area contributed by atoms with Crippen molar-refractivity contribution in [3.05, 3.63) is 77.3 Å². The van der Waals surface area contributed by atoms with Crippen LogP contribution in [-0.4, -0.2) is 59.1 Å². The van der Waals surface area contributed by atoms with Crippen LogP contribution in [0.15, 0.2) is 71.8 Å². The average Bonchev–Trinajstić information content (AvgIpc) is 2.89. The van der Waals surface area contributed by atoms with Crippen LogP contribution in [0.1, 0.15) is 13.8 Å². The second-order valence-corrected chi connectivity index (χ2v) is 9.06. The topological polar surface area (TPSA) is 77.6 Å². The first kappa shape index (κ1) is 22.9. The largest absolute Gasteiger partial charge is 0.426 e. The molecule has 180 valence electrons. The van der Waals surface area contributed by atoms with Crippen molar-refractivity contribution in [2.45, 2.75) is 19.9 Å². The van der Waals surface area contributed by atoms with Gasteiger partial charge in [0.05, 0.1) is 17.1 Å². The molecule has 1 aliphatic rings. The Labute approximate surface area is 204 Å². The summed E-state index contributed by atoms with van der Waals surface area (Å²) in [4.78, 5) is 30.4. The predicted octanol–water partition coefficient (Wildman–Crippen LogP) is 4.41. The van der Waals surface area contributed by atoms with E-state index in [2.05, 4.69) is 74.8 Å². The summed E-state index contributed by atoms with van der Waals surface area (Å²) in [5, 5.41) is 0.480. The molecule has 2 aromatic heterocycles. The monoisotopic (exact) mass is 470 g/mol. The maximum Gasteiger partial charge on any atom is 0.302 e. The molecule has 0 aliphatic carbocycles. The van der Waals surface area contributed by atoms with Gasteiger partial charge in [0.2, 0.25) is 0 Å². The van der Waals surface area contributed by atoms with E-state index >= 15 is 0 Å². The van der Waals surface area contributed by atoms with Crippen LogP contribution in [0.2, 0.25) is 0 Å². The van der Waals surface area contributed by atoms with Crippen molar-refractivity contribution in [1.82, 2.24) is 19.9 Å². The van der Waals surface area contributed by atoms with Crippen LogP contribution >= 0.6 is 0 Å². The fourth-order valence-electron chi connectivity index (χ4n) is 4.41. The molecule has 1 aliphatic heterocycles. The minimum absolute atomic E-state index is 0.141. The Morgan fingerprint density at radius 1 is 1.00 bits per heavy atom. The first-order valence-electron chi connectivity index (χ1n) is 11.9. The summed E-state index contributed by atoms with van der Waals surface area (Å²) in [6.45, 7) is 8.78. The molecule has 0 unspecified atom stereocenters. The highest BCUT2D eigenvalue weighted by Gasteiger charge is 2.19. The summed E-state index contributed by atoms with van der Waals surface area (Å²) in [5.74, 6) is 0.588. The van der Waals surface area contributed by atoms with E-state index in [-0.39, 0.29) is 11.6 Å². The van der Waals surface area contributed by atoms with Crippen molar-refractivity contribution >= 4 is 28.0 Å². The molecule has 8 nitrogen and oxygen atoms in total. The van der Waals surface area contributed by atoms with E-state index in [0.29, 0.717) is 22.7 Å². The van der Waals surface area contributed by atoms with Crippen LogP contribution in [0.5, 0.6) is 11.8 Å². The van der Waals surface area contributed by atoms with Gasteiger partial charge in [-0.05, 0) is 62.4 Å². The normalized spacial score (nSPS) is 14.5. The molecule has 0 amide bonds. The highest BCUT2D eigenvalue weighted by atomic mass is 16.5. The molecule has 0 saturated carbocycles. The second kappa shape index (κ2) is 9.76. The molecule has 2 aromatic carbocycles. The molecule has 1 N–H and O–H groups in total. The van der Waals surface area contributed by atoms with Crippen LogP contribution in [0, 0.1) is 0 Å². The van der Waals surface area contributed by atoms with E-state index in [1.165, 1.54) is 5.69 Å². The van der Waals surface area contributed by atoms with Crippen molar-refractivity contribution in [3.8, 4) is 11.8 Å². The Morgan fingerprint density at radius 2 is 1.77 bits per heavy atom. The van der Waals surface area contributed by atoms with E-state index in [1.54, 1.807) is 18.5 Å². The molecule has 5 rings (SSSR count). The fourth-order valence-corrected chi connectivity index (χ4v) is 4.41. The number of anilines is 3. The third-order valence-corrected chi connectivity index (χ3v) is 6.55. The Bertz CT molecular complexity index is 1360. The van der Waals surface area contributed by atoms with Crippen LogP contribution in [-0.2, 0) is 0 Å². The van der Waals surface area contributed by atoms with Crippen LogP contribution < -0.4 is 20.1 Å². The number of pyridine rings is 1. The number of ether oxygens (including phenoxy) is 1. The molecule has 0 spiro atoms. The molecule has 1 fully saturated rings. The lowest BCUT2D eigenvalue weighted by Crippen LogP contribution is -2.48. The molecule has 0 bridgehead atoms. The zero-order valence-electron chi connectivity index (χ0n) is 20.3. The van der Waals surface area contributed by atoms with Gasteiger partial charge >= 0.3 is 6.01 Å². The number of aromatic nitrogens is 3. The van der Waals surface area contributed by atoms with Gasteiger partial charge < -0.3 is 14.5 Å². The Hall–Kier alpha value is -3.91. The van der Waals surface area contributed by atoms with Gasteiger partial charge in [0.25, 0.3) is 5.56 Å². The maximum atomic E-state index is 12.3. The minimum Gasteiger partial charge on any atom is -0.426 e. The molecular formula is C27H30N6O2. The van der Waals surface area contributed by atoms with Gasteiger partial charge in [-0.1, -0.05) is 6.07 Å². The quantitative estimate of drug-likeness (QED) is 0.447. The molecule has 1 saturated heterocycles. The number of aromatic amines is 1. The van der Waals surface area contributed by atoms with Crippen molar-refractivity contribution in [1.29, 1.82) is 0 Å². The van der Waals surface area contributed by atoms with Gasteiger partial charge in [-0.15, -0.1) is 0 Å². The van der Waals surface area contributed by atoms with E-state index < -0.39 is 0 Å². The Kier molecular flexibility index (Phi) is 6.37. The summed E-state index contributed by atoms with van der Waals surface area (Å²) in [6, 6.07) is 18.8. The van der Waals surface area contributed by atoms with E-state index in [4.69, 9.17) is 4.74 Å². The van der Waals surface area contributed by atoms with E-state index in [9.17, 15) is 4.79 Å². The highest BCUT2D eigenvalue weighted by Crippen LogP contribution is 2.30. The zero-order valence-corrected chi connectivity index (χ0v) is 20.3. The third-order valence-electron chi connectivity index (χ3n) is 6.55. The molecule has 3 heterocycles. The molecular weight excluding hydrogens is 440 g/mol. The van der Waals surface area contributed by atoms with Gasteiger partial charge in [-0.2, -0.15) is 4.98 Å². The lowest BCUT2D eigenvalue weighted by atomic mass is 10.2. The Balaban J connectivity index is 1.28. The highest BCUT2D eigenvalue weighted by molar-refractivity contribution is 5.76. The van der Waals surface area contributed by atoms with Crippen molar-refractivity contribution in [3.63, 3.8) is 0 Å². The summed E-state index contributed by atoms with van der Waals surface area (Å²) < 4.78 is 5.81. The Morgan fingerprint density at radius 3 is 2.51 bits per heavy atom. The zero-order chi connectivity index (χ0) is 24.4. The SMILES string of the molecule is CC(C)N1CCN(c2cccc(N(C)c3ccc(Oc4nc5cnccc5c(=O)[nH]4)cc3)c2)CC1. The molecule has 35 heavy (non-hydrogen) atoms. The number of hydrogen-bond donors (Lipinski definition) is 1. The van der Waals surface area contributed by atoms with Crippen molar-refractivity contribution in [2.75, 3.05) is 43.0 Å². The molecule has 4 aromatic rings. The number of piperazine rings is 1. The maximum absolute atomic E-state index is 12.3. The van der Waals surface area contributed by atoms with Crippen molar-refractivity contribution in [2.24, 2.45) is 0 Å². The number of H-pyrrole nitrogens is 1. The number of rotatable bonds is 6. The minimum atomic E-state index is -0.255. The number of benzene rings is 2. The fraction of sp³-hybridized carbons (Fsp3) is 0.296. The van der Waals surface area contributed by atoms with Crippen LogP contribution in [0.25, 0.3) is 10.9 Å². The summed E-state index contributed by atoms with van der Waals surface area (Å²) in [5.41, 5.74) is 3.64. The van der Waals surface area contributed by atoms with Crippen molar-refractivity contribution < 1.29 is 4.74 Å². The first-order valence-corrected chi connectivity index (χ1v) is 11.9. The van der Waals surface area contributed by atoms with Gasteiger partial charge in [-0.25, -0.2) is 0 Å². The van der Waals surface area contributed by atoms with E-state index in [1.807, 2.05) is 24.3 Å². The smallest absolute Gasteiger partial charge is 0.302 e. The summed E-state index contributed by atoms with van der Waals surface area (Å²) in [7, 11) is 2.06. The van der Waals surface area contributed by atoms with Gasteiger partial charge in [0.1, 0.15) is 5.75 Å². The lowest BCUT2D eigenvalue weighted by molar-refractivity contribution is 0.209. The van der Waals surface area contributed by atoms with Gasteiger partial charge in [0, 0.05) is 62.5 Å². The third kappa shape index (κ3) is 4.97. The molecule has 8 heteroatoms. The van der Waals surface area contributed by atoms with Crippen LogP contribution in [0.4, 0.5) is 17.1 Å². The number of hydrogen-bond acceptors (Lipinski definition) is 7. The lowest BCUT2D eigenvalue weighted by Gasteiger charge is -2.38. The predicted molar refractivity (Wildman–Crippen MR) is 140 cm³/mol. The first-order chi connectivity index (χ1) is 17.0. The van der Waals surface area contributed by atoms with Crippen LogP contribution in [0.3, 0.4) is 0 Å². The number of nitrogens with one attached hydrogen (secondary N) is 1. The summed E-state index contributed by atoms with van der Waals surface area (Å²) >= 11 is 0. The van der Waals surface area contributed by atoms with Gasteiger partial charge in [0.15, 0.2) is 0 Å². The average molecular weight is 471 g/mol.